The molecule has 3 nitrogen and oxygen atoms in total. The van der Waals surface area contributed by atoms with Gasteiger partial charge in [0, 0.05) is 35.3 Å². The van der Waals surface area contributed by atoms with Crippen LogP contribution in [0.25, 0.3) is 10.4 Å². The van der Waals surface area contributed by atoms with Gasteiger partial charge >= 0.3 is 0 Å². The summed E-state index contributed by atoms with van der Waals surface area (Å²) in [5, 5.41) is 5.05. The Balaban J connectivity index is 1.64. The van der Waals surface area contributed by atoms with E-state index in [0.717, 1.165) is 24.0 Å². The molecule has 1 amide bonds. The van der Waals surface area contributed by atoms with Gasteiger partial charge in [-0.25, -0.2) is 0 Å². The minimum atomic E-state index is 0.188. The van der Waals surface area contributed by atoms with Gasteiger partial charge in [-0.2, -0.15) is 0 Å². The Hall–Kier alpha value is -1.68. The lowest BCUT2D eigenvalue weighted by Gasteiger charge is -2.24. The van der Waals surface area contributed by atoms with E-state index in [9.17, 15) is 4.79 Å². The standard InChI is InChI=1S/C15H16N2OS/c18-15(12-3-1-4-12)17-9-11-7-13(10-16-8-11)14-5-2-6-19-14/h2,5-8,10,12H,1,3-4,9H2,(H,17,18). The number of hydrogen-bond donors (Lipinski definition) is 1. The third-order valence-electron chi connectivity index (χ3n) is 3.54. The molecule has 2 aromatic rings. The van der Waals surface area contributed by atoms with Crippen molar-refractivity contribution in [3.63, 3.8) is 0 Å². The predicted octanol–water partition coefficient (Wildman–Crippen LogP) is 3.23. The van der Waals surface area contributed by atoms with Gasteiger partial charge in [0.15, 0.2) is 0 Å². The lowest BCUT2D eigenvalue weighted by Crippen LogP contribution is -2.33. The number of nitrogens with one attached hydrogen (secondary N) is 1. The first-order valence-electron chi connectivity index (χ1n) is 6.58. The van der Waals surface area contributed by atoms with Gasteiger partial charge in [-0.05, 0) is 35.9 Å². The molecule has 1 aliphatic rings. The second-order valence-corrected chi connectivity index (χ2v) is 5.85. The molecule has 98 valence electrons. The molecule has 0 spiro atoms. The van der Waals surface area contributed by atoms with Crippen LogP contribution in [0.4, 0.5) is 0 Å². The highest BCUT2D eigenvalue weighted by atomic mass is 32.1. The number of amides is 1. The lowest BCUT2D eigenvalue weighted by molar-refractivity contribution is -0.127. The second-order valence-electron chi connectivity index (χ2n) is 4.90. The van der Waals surface area contributed by atoms with Crippen molar-refractivity contribution in [2.45, 2.75) is 25.8 Å². The highest BCUT2D eigenvalue weighted by Crippen LogP contribution is 2.27. The molecule has 1 aliphatic carbocycles. The number of rotatable bonds is 4. The Kier molecular flexibility index (Phi) is 3.60. The van der Waals surface area contributed by atoms with E-state index in [4.69, 9.17) is 0 Å². The van der Waals surface area contributed by atoms with Crippen LogP contribution in [0.2, 0.25) is 0 Å². The fourth-order valence-corrected chi connectivity index (χ4v) is 2.87. The molecule has 1 saturated carbocycles. The summed E-state index contributed by atoms with van der Waals surface area (Å²) in [5.41, 5.74) is 2.17. The lowest BCUT2D eigenvalue weighted by atomic mass is 9.85. The zero-order chi connectivity index (χ0) is 13.1. The largest absolute Gasteiger partial charge is 0.352 e. The van der Waals surface area contributed by atoms with E-state index in [1.165, 1.54) is 11.3 Å². The van der Waals surface area contributed by atoms with Crippen LogP contribution >= 0.6 is 11.3 Å². The molecule has 4 heteroatoms. The summed E-state index contributed by atoms with van der Waals surface area (Å²) in [7, 11) is 0. The average Bonchev–Trinajstić information content (AvgIpc) is 2.88. The Morgan fingerprint density at radius 2 is 2.32 bits per heavy atom. The fraction of sp³-hybridized carbons (Fsp3) is 0.333. The Labute approximate surface area is 116 Å². The molecule has 0 unspecified atom stereocenters. The van der Waals surface area contributed by atoms with Crippen LogP contribution in [-0.4, -0.2) is 10.9 Å². The minimum absolute atomic E-state index is 0.188. The molecule has 2 heterocycles. The molecule has 0 aromatic carbocycles. The van der Waals surface area contributed by atoms with E-state index < -0.39 is 0 Å². The molecule has 0 aliphatic heterocycles. The Bertz CT molecular complexity index is 561. The first-order chi connectivity index (χ1) is 9.33. The Morgan fingerprint density at radius 1 is 1.42 bits per heavy atom. The van der Waals surface area contributed by atoms with Gasteiger partial charge in [0.2, 0.25) is 5.91 Å². The van der Waals surface area contributed by atoms with Crippen molar-refractivity contribution >= 4 is 17.2 Å². The number of pyridine rings is 1. The first kappa shape index (κ1) is 12.4. The summed E-state index contributed by atoms with van der Waals surface area (Å²) in [6.07, 6.45) is 6.95. The molecule has 1 fully saturated rings. The summed E-state index contributed by atoms with van der Waals surface area (Å²) in [5.74, 6) is 0.432. The quantitative estimate of drug-likeness (QED) is 0.928. The van der Waals surface area contributed by atoms with Gasteiger partial charge in [0.25, 0.3) is 0 Å². The van der Waals surface area contributed by atoms with Crippen LogP contribution in [0.1, 0.15) is 24.8 Å². The third kappa shape index (κ3) is 2.84. The van der Waals surface area contributed by atoms with Crippen LogP contribution in [0.3, 0.4) is 0 Å². The van der Waals surface area contributed by atoms with E-state index >= 15 is 0 Å². The van der Waals surface area contributed by atoms with E-state index in [-0.39, 0.29) is 11.8 Å². The van der Waals surface area contributed by atoms with Gasteiger partial charge in [0.05, 0.1) is 0 Å². The van der Waals surface area contributed by atoms with Gasteiger partial charge < -0.3 is 5.32 Å². The maximum atomic E-state index is 11.8. The van der Waals surface area contributed by atoms with Crippen molar-refractivity contribution < 1.29 is 4.79 Å². The molecule has 3 rings (SSSR count). The van der Waals surface area contributed by atoms with Crippen LogP contribution in [0.5, 0.6) is 0 Å². The molecule has 0 radical (unpaired) electrons. The van der Waals surface area contributed by atoms with Crippen molar-refractivity contribution in [1.29, 1.82) is 0 Å². The molecular formula is C15H16N2OS. The summed E-state index contributed by atoms with van der Waals surface area (Å²) < 4.78 is 0. The van der Waals surface area contributed by atoms with Crippen molar-refractivity contribution in [2.24, 2.45) is 5.92 Å². The van der Waals surface area contributed by atoms with Crippen molar-refractivity contribution in [3.8, 4) is 10.4 Å². The second kappa shape index (κ2) is 5.53. The maximum Gasteiger partial charge on any atom is 0.223 e. The third-order valence-corrected chi connectivity index (χ3v) is 4.46. The topological polar surface area (TPSA) is 42.0 Å². The van der Waals surface area contributed by atoms with Crippen molar-refractivity contribution in [1.82, 2.24) is 10.3 Å². The average molecular weight is 272 g/mol. The van der Waals surface area contributed by atoms with Gasteiger partial charge in [-0.1, -0.05) is 12.5 Å². The van der Waals surface area contributed by atoms with Crippen LogP contribution < -0.4 is 5.32 Å². The van der Waals surface area contributed by atoms with Gasteiger partial charge in [-0.15, -0.1) is 11.3 Å². The van der Waals surface area contributed by atoms with Gasteiger partial charge in [0.1, 0.15) is 0 Å². The number of carbonyl (C=O) groups excluding carboxylic acids is 1. The summed E-state index contributed by atoms with van der Waals surface area (Å²) in [6.45, 7) is 0.571. The van der Waals surface area contributed by atoms with E-state index in [2.05, 4.69) is 27.8 Å². The molecule has 0 saturated heterocycles. The minimum Gasteiger partial charge on any atom is -0.352 e. The van der Waals surface area contributed by atoms with E-state index in [1.807, 2.05) is 18.5 Å². The van der Waals surface area contributed by atoms with Crippen molar-refractivity contribution in [2.75, 3.05) is 0 Å². The number of thiophene rings is 1. The maximum absolute atomic E-state index is 11.8. The predicted molar refractivity (Wildman–Crippen MR) is 76.7 cm³/mol. The first-order valence-corrected chi connectivity index (χ1v) is 7.46. The normalized spacial score (nSPS) is 14.9. The van der Waals surface area contributed by atoms with Crippen molar-refractivity contribution in [3.05, 3.63) is 41.5 Å². The highest BCUT2D eigenvalue weighted by molar-refractivity contribution is 7.13. The molecule has 1 N–H and O–H groups in total. The zero-order valence-electron chi connectivity index (χ0n) is 10.6. The number of carbonyl (C=O) groups is 1. The highest BCUT2D eigenvalue weighted by Gasteiger charge is 2.24. The summed E-state index contributed by atoms with van der Waals surface area (Å²) >= 11 is 1.70. The molecule has 0 bridgehead atoms. The van der Waals surface area contributed by atoms with Gasteiger partial charge in [-0.3, -0.25) is 9.78 Å². The molecule has 0 atom stereocenters. The fourth-order valence-electron chi connectivity index (χ4n) is 2.17. The van der Waals surface area contributed by atoms with Crippen LogP contribution in [-0.2, 0) is 11.3 Å². The Morgan fingerprint density at radius 3 is 3.00 bits per heavy atom. The zero-order valence-corrected chi connectivity index (χ0v) is 11.5. The SMILES string of the molecule is O=C(NCc1cncc(-c2cccs2)c1)C1CCC1. The molecular weight excluding hydrogens is 256 g/mol. The van der Waals surface area contributed by atoms with Crippen LogP contribution in [0.15, 0.2) is 36.0 Å². The van der Waals surface area contributed by atoms with E-state index in [0.29, 0.717) is 6.54 Å². The number of hydrogen-bond acceptors (Lipinski definition) is 3. The van der Waals surface area contributed by atoms with E-state index in [1.54, 1.807) is 11.3 Å². The van der Waals surface area contributed by atoms with Crippen LogP contribution in [0, 0.1) is 5.92 Å². The number of nitrogens with zero attached hydrogens (tertiary/aromatic N) is 1. The number of aromatic nitrogens is 1. The smallest absolute Gasteiger partial charge is 0.223 e. The molecule has 2 aromatic heterocycles. The molecule has 19 heavy (non-hydrogen) atoms. The monoisotopic (exact) mass is 272 g/mol. The summed E-state index contributed by atoms with van der Waals surface area (Å²) in [4.78, 5) is 17.2. The summed E-state index contributed by atoms with van der Waals surface area (Å²) in [6, 6.07) is 6.21.